The van der Waals surface area contributed by atoms with E-state index in [1.54, 1.807) is 0 Å². The van der Waals surface area contributed by atoms with Crippen molar-refractivity contribution in [1.29, 1.82) is 0 Å². The first-order valence-electron chi connectivity index (χ1n) is 6.98. The second-order valence-electron chi connectivity index (χ2n) is 5.58. The summed E-state index contributed by atoms with van der Waals surface area (Å²) in [5, 5.41) is 3.59. The van der Waals surface area contributed by atoms with E-state index in [0.29, 0.717) is 12.1 Å². The average Bonchev–Trinajstić information content (AvgIpc) is 2.78. The average molecular weight is 235 g/mol. The first-order valence-corrected chi connectivity index (χ1v) is 6.98. The summed E-state index contributed by atoms with van der Waals surface area (Å²) < 4.78 is 2.21. The van der Waals surface area contributed by atoms with Crippen molar-refractivity contribution < 1.29 is 0 Å². The van der Waals surface area contributed by atoms with Crippen molar-refractivity contribution in [1.82, 2.24) is 9.55 Å². The summed E-state index contributed by atoms with van der Waals surface area (Å²) in [6, 6.07) is 1.01. The maximum Gasteiger partial charge on any atom is 0.203 e. The lowest BCUT2D eigenvalue weighted by atomic mass is 9.85. The molecule has 1 saturated carbocycles. The van der Waals surface area contributed by atoms with Crippen molar-refractivity contribution >= 4 is 5.95 Å². The van der Waals surface area contributed by atoms with E-state index in [9.17, 15) is 0 Å². The normalized spacial score (nSPS) is 19.5. The van der Waals surface area contributed by atoms with Gasteiger partial charge in [0.15, 0.2) is 0 Å². The Balaban J connectivity index is 1.97. The van der Waals surface area contributed by atoms with Gasteiger partial charge in [-0.25, -0.2) is 4.98 Å². The molecule has 0 bridgehead atoms. The molecule has 1 aromatic rings. The number of hydrogen-bond acceptors (Lipinski definition) is 2. The molecule has 0 aliphatic heterocycles. The molecule has 1 unspecified atom stereocenters. The van der Waals surface area contributed by atoms with Gasteiger partial charge in [0.2, 0.25) is 5.95 Å². The van der Waals surface area contributed by atoms with E-state index in [4.69, 9.17) is 0 Å². The Labute approximate surface area is 105 Å². The maximum absolute atomic E-state index is 4.42. The van der Waals surface area contributed by atoms with Crippen LogP contribution in [0.15, 0.2) is 12.4 Å². The lowest BCUT2D eigenvalue weighted by Gasteiger charge is -2.29. The van der Waals surface area contributed by atoms with Crippen LogP contribution >= 0.6 is 0 Å². The van der Waals surface area contributed by atoms with Gasteiger partial charge in [-0.05, 0) is 39.5 Å². The highest BCUT2D eigenvalue weighted by molar-refractivity contribution is 5.28. The van der Waals surface area contributed by atoms with Gasteiger partial charge >= 0.3 is 0 Å². The third kappa shape index (κ3) is 3.02. The van der Waals surface area contributed by atoms with Gasteiger partial charge in [-0.15, -0.1) is 0 Å². The monoisotopic (exact) mass is 235 g/mol. The summed E-state index contributed by atoms with van der Waals surface area (Å²) >= 11 is 0. The molecule has 0 spiro atoms. The number of anilines is 1. The Kier molecular flexibility index (Phi) is 4.08. The number of hydrogen-bond donors (Lipinski definition) is 1. The predicted molar refractivity (Wildman–Crippen MR) is 72.3 cm³/mol. The van der Waals surface area contributed by atoms with Gasteiger partial charge in [0.05, 0.1) is 0 Å². The van der Waals surface area contributed by atoms with Crippen molar-refractivity contribution in [2.45, 2.75) is 65.0 Å². The molecule has 17 heavy (non-hydrogen) atoms. The number of nitrogens with zero attached hydrogens (tertiary/aromatic N) is 2. The Bertz CT molecular complexity index is 337. The fourth-order valence-electron chi connectivity index (χ4n) is 2.80. The van der Waals surface area contributed by atoms with Crippen LogP contribution in [0.2, 0.25) is 0 Å². The van der Waals surface area contributed by atoms with E-state index in [2.05, 4.69) is 41.8 Å². The molecule has 0 saturated heterocycles. The van der Waals surface area contributed by atoms with Crippen molar-refractivity contribution in [3.8, 4) is 0 Å². The quantitative estimate of drug-likeness (QED) is 0.859. The first-order chi connectivity index (χ1) is 8.18. The zero-order chi connectivity index (χ0) is 12.3. The Morgan fingerprint density at radius 2 is 1.94 bits per heavy atom. The van der Waals surface area contributed by atoms with E-state index >= 15 is 0 Å². The first kappa shape index (κ1) is 12.5. The van der Waals surface area contributed by atoms with Gasteiger partial charge in [0, 0.05) is 24.5 Å². The summed E-state index contributed by atoms with van der Waals surface area (Å²) in [7, 11) is 0. The third-order valence-corrected chi connectivity index (χ3v) is 3.94. The van der Waals surface area contributed by atoms with Gasteiger partial charge in [0.1, 0.15) is 0 Å². The Morgan fingerprint density at radius 1 is 1.24 bits per heavy atom. The number of imidazole rings is 1. The Morgan fingerprint density at radius 3 is 2.59 bits per heavy atom. The standard InChI is InChI=1S/C14H25N3/c1-11(2)17-10-9-15-14(17)16-12(3)13-7-5-4-6-8-13/h9-13H,4-8H2,1-3H3,(H,15,16). The van der Waals surface area contributed by atoms with Crippen molar-refractivity contribution in [3.63, 3.8) is 0 Å². The molecule has 1 aliphatic rings. The second kappa shape index (κ2) is 5.56. The molecule has 1 aliphatic carbocycles. The summed E-state index contributed by atoms with van der Waals surface area (Å²) in [5.74, 6) is 1.85. The molecule has 3 nitrogen and oxygen atoms in total. The van der Waals surface area contributed by atoms with Gasteiger partial charge in [-0.1, -0.05) is 19.3 Å². The highest BCUT2D eigenvalue weighted by atomic mass is 15.2. The fourth-order valence-corrected chi connectivity index (χ4v) is 2.80. The summed E-state index contributed by atoms with van der Waals surface area (Å²) in [5.41, 5.74) is 0. The Hall–Kier alpha value is -0.990. The number of nitrogens with one attached hydrogen (secondary N) is 1. The summed E-state index contributed by atoms with van der Waals surface area (Å²) in [6.07, 6.45) is 10.9. The SMILES string of the molecule is CC(Nc1nccn1C(C)C)C1CCCCC1. The molecule has 1 heterocycles. The molecule has 96 valence electrons. The van der Waals surface area contributed by atoms with Crippen LogP contribution < -0.4 is 5.32 Å². The molecule has 3 heteroatoms. The van der Waals surface area contributed by atoms with Crippen LogP contribution in [0.5, 0.6) is 0 Å². The molecule has 1 aromatic heterocycles. The lowest BCUT2D eigenvalue weighted by Crippen LogP contribution is -2.29. The van der Waals surface area contributed by atoms with E-state index in [1.165, 1.54) is 32.1 Å². The molecular formula is C14H25N3. The molecule has 1 atom stereocenters. The second-order valence-corrected chi connectivity index (χ2v) is 5.58. The van der Waals surface area contributed by atoms with E-state index in [1.807, 2.05) is 6.20 Å². The molecule has 0 aromatic carbocycles. The minimum atomic E-state index is 0.471. The zero-order valence-corrected chi connectivity index (χ0v) is 11.3. The van der Waals surface area contributed by atoms with Crippen LogP contribution in [0.4, 0.5) is 5.95 Å². The van der Waals surface area contributed by atoms with E-state index in [-0.39, 0.29) is 0 Å². The highest BCUT2D eigenvalue weighted by Gasteiger charge is 2.21. The van der Waals surface area contributed by atoms with Crippen molar-refractivity contribution in [2.24, 2.45) is 5.92 Å². The number of rotatable bonds is 4. The van der Waals surface area contributed by atoms with Gasteiger partial charge in [-0.2, -0.15) is 0 Å². The van der Waals surface area contributed by atoms with Crippen molar-refractivity contribution in [3.05, 3.63) is 12.4 Å². The highest BCUT2D eigenvalue weighted by Crippen LogP contribution is 2.28. The summed E-state index contributed by atoms with van der Waals surface area (Å²) in [6.45, 7) is 6.69. The van der Waals surface area contributed by atoms with Gasteiger partial charge in [-0.3, -0.25) is 0 Å². The van der Waals surface area contributed by atoms with Crippen LogP contribution in [-0.4, -0.2) is 15.6 Å². The van der Waals surface area contributed by atoms with Crippen LogP contribution in [0.1, 0.15) is 58.9 Å². The van der Waals surface area contributed by atoms with Crippen molar-refractivity contribution in [2.75, 3.05) is 5.32 Å². The zero-order valence-electron chi connectivity index (χ0n) is 11.3. The van der Waals surface area contributed by atoms with E-state index < -0.39 is 0 Å². The third-order valence-electron chi connectivity index (χ3n) is 3.94. The maximum atomic E-state index is 4.42. The molecule has 1 N–H and O–H groups in total. The molecule has 1 fully saturated rings. The van der Waals surface area contributed by atoms with Crippen LogP contribution in [0, 0.1) is 5.92 Å². The topological polar surface area (TPSA) is 29.9 Å². The largest absolute Gasteiger partial charge is 0.353 e. The fraction of sp³-hybridized carbons (Fsp3) is 0.786. The summed E-state index contributed by atoms with van der Waals surface area (Å²) in [4.78, 5) is 4.42. The molecule has 0 radical (unpaired) electrons. The van der Waals surface area contributed by atoms with Gasteiger partial charge in [0.25, 0.3) is 0 Å². The van der Waals surface area contributed by atoms with Crippen LogP contribution in [0.3, 0.4) is 0 Å². The minimum absolute atomic E-state index is 0.471. The van der Waals surface area contributed by atoms with E-state index in [0.717, 1.165) is 11.9 Å². The molecule has 0 amide bonds. The molecular weight excluding hydrogens is 210 g/mol. The van der Waals surface area contributed by atoms with Crippen LogP contribution in [-0.2, 0) is 0 Å². The minimum Gasteiger partial charge on any atom is -0.353 e. The number of aromatic nitrogens is 2. The van der Waals surface area contributed by atoms with Gasteiger partial charge < -0.3 is 9.88 Å². The predicted octanol–water partition coefficient (Wildman–Crippen LogP) is 3.84. The molecule has 2 rings (SSSR count). The smallest absolute Gasteiger partial charge is 0.203 e. The lowest BCUT2D eigenvalue weighted by molar-refractivity contribution is 0.327. The van der Waals surface area contributed by atoms with Crippen LogP contribution in [0.25, 0.3) is 0 Å².